The first-order valence-corrected chi connectivity index (χ1v) is 7.79. The van der Waals surface area contributed by atoms with Crippen molar-refractivity contribution in [2.75, 3.05) is 38.5 Å². The van der Waals surface area contributed by atoms with Crippen molar-refractivity contribution in [3.8, 4) is 0 Å². The van der Waals surface area contributed by atoms with Crippen LogP contribution in [-0.2, 0) is 11.2 Å². The second kappa shape index (κ2) is 7.05. The maximum atomic E-state index is 12.2. The molecule has 1 amide bonds. The molecule has 116 valence electrons. The lowest BCUT2D eigenvalue weighted by Gasteiger charge is -2.28. The molecule has 1 heterocycles. The minimum absolute atomic E-state index is 0.0629. The summed E-state index contributed by atoms with van der Waals surface area (Å²) in [4.78, 5) is 14.3. The number of amides is 1. The second-order valence-electron chi connectivity index (χ2n) is 6.47. The van der Waals surface area contributed by atoms with Gasteiger partial charge in [0.25, 0.3) is 0 Å². The molecule has 0 aromatic heterocycles. The van der Waals surface area contributed by atoms with Crippen LogP contribution in [0.4, 0.5) is 5.69 Å². The Morgan fingerprint density at radius 3 is 2.86 bits per heavy atom. The molecule has 1 aliphatic rings. The van der Waals surface area contributed by atoms with E-state index in [0.29, 0.717) is 6.54 Å². The molecule has 0 aliphatic carbocycles. The van der Waals surface area contributed by atoms with Crippen molar-refractivity contribution >= 4 is 11.6 Å². The molecule has 0 bridgehead atoms. The Bertz CT molecular complexity index is 481. The molecule has 1 aromatic rings. The van der Waals surface area contributed by atoms with E-state index >= 15 is 0 Å². The number of rotatable bonds is 6. The summed E-state index contributed by atoms with van der Waals surface area (Å²) in [6.07, 6.45) is 2.10. The van der Waals surface area contributed by atoms with Crippen LogP contribution in [-0.4, -0.2) is 44.0 Å². The van der Waals surface area contributed by atoms with E-state index in [2.05, 4.69) is 35.4 Å². The summed E-state index contributed by atoms with van der Waals surface area (Å²) in [5, 5.41) is 6.43. The standard InChI is InChI=1S/C17H27N3O/c1-4-14-7-5-6-8-15(14)19-16(21)11-20(3)13-17(2)9-10-18-12-17/h5-8,18H,4,9-13H2,1-3H3,(H,19,21). The third kappa shape index (κ3) is 4.55. The van der Waals surface area contributed by atoms with E-state index in [-0.39, 0.29) is 11.3 Å². The van der Waals surface area contributed by atoms with Gasteiger partial charge in [0.05, 0.1) is 6.54 Å². The number of anilines is 1. The van der Waals surface area contributed by atoms with Gasteiger partial charge < -0.3 is 10.6 Å². The van der Waals surface area contributed by atoms with Gasteiger partial charge in [-0.3, -0.25) is 9.69 Å². The highest BCUT2D eigenvalue weighted by Crippen LogP contribution is 2.25. The van der Waals surface area contributed by atoms with Crippen LogP contribution in [0.2, 0.25) is 0 Å². The lowest BCUT2D eigenvalue weighted by atomic mass is 9.89. The van der Waals surface area contributed by atoms with Gasteiger partial charge in [-0.1, -0.05) is 32.0 Å². The van der Waals surface area contributed by atoms with Crippen LogP contribution in [0.1, 0.15) is 25.8 Å². The average Bonchev–Trinajstić information content (AvgIpc) is 2.85. The lowest BCUT2D eigenvalue weighted by Crippen LogP contribution is -2.39. The zero-order chi connectivity index (χ0) is 15.3. The molecule has 0 saturated carbocycles. The van der Waals surface area contributed by atoms with E-state index in [1.165, 1.54) is 12.0 Å². The van der Waals surface area contributed by atoms with E-state index in [4.69, 9.17) is 0 Å². The SMILES string of the molecule is CCc1ccccc1NC(=O)CN(C)CC1(C)CCNC1. The minimum atomic E-state index is 0.0629. The molecule has 21 heavy (non-hydrogen) atoms. The van der Waals surface area contributed by atoms with E-state index in [1.54, 1.807) is 0 Å². The van der Waals surface area contributed by atoms with Crippen molar-refractivity contribution in [1.82, 2.24) is 10.2 Å². The van der Waals surface area contributed by atoms with Crippen molar-refractivity contribution in [2.45, 2.75) is 26.7 Å². The summed E-state index contributed by atoms with van der Waals surface area (Å²) in [6.45, 7) is 7.90. The van der Waals surface area contributed by atoms with E-state index < -0.39 is 0 Å². The molecule has 2 N–H and O–H groups in total. The molecular formula is C17H27N3O. The van der Waals surface area contributed by atoms with Crippen LogP contribution in [0, 0.1) is 5.41 Å². The van der Waals surface area contributed by atoms with Gasteiger partial charge in [0, 0.05) is 18.8 Å². The number of hydrogen-bond donors (Lipinski definition) is 2. The van der Waals surface area contributed by atoms with Crippen LogP contribution >= 0.6 is 0 Å². The molecule has 1 aromatic carbocycles. The van der Waals surface area contributed by atoms with Crippen molar-refractivity contribution < 1.29 is 4.79 Å². The molecule has 0 spiro atoms. The first-order chi connectivity index (χ1) is 10.0. The summed E-state index contributed by atoms with van der Waals surface area (Å²) in [7, 11) is 2.02. The van der Waals surface area contributed by atoms with Gasteiger partial charge >= 0.3 is 0 Å². The van der Waals surface area contributed by atoms with E-state index in [9.17, 15) is 4.79 Å². The van der Waals surface area contributed by atoms with Crippen LogP contribution in [0.25, 0.3) is 0 Å². The molecule has 1 atom stereocenters. The lowest BCUT2D eigenvalue weighted by molar-refractivity contribution is -0.117. The van der Waals surface area contributed by atoms with Crippen LogP contribution in [0.15, 0.2) is 24.3 Å². The molecule has 1 fully saturated rings. The largest absolute Gasteiger partial charge is 0.325 e. The Kier molecular flexibility index (Phi) is 5.37. The molecule has 4 heteroatoms. The molecule has 1 aliphatic heterocycles. The predicted octanol–water partition coefficient (Wildman–Crippen LogP) is 2.12. The molecule has 2 rings (SSSR count). The Hall–Kier alpha value is -1.39. The Balaban J connectivity index is 1.86. The number of para-hydroxylation sites is 1. The summed E-state index contributed by atoms with van der Waals surface area (Å²) in [6, 6.07) is 8.00. The summed E-state index contributed by atoms with van der Waals surface area (Å²) in [5.41, 5.74) is 2.41. The Morgan fingerprint density at radius 1 is 1.43 bits per heavy atom. The van der Waals surface area contributed by atoms with Gasteiger partial charge in [0.15, 0.2) is 0 Å². The van der Waals surface area contributed by atoms with Crippen molar-refractivity contribution in [3.05, 3.63) is 29.8 Å². The number of benzene rings is 1. The normalized spacial score (nSPS) is 21.7. The highest BCUT2D eigenvalue weighted by molar-refractivity contribution is 5.92. The molecular weight excluding hydrogens is 262 g/mol. The van der Waals surface area contributed by atoms with Crippen LogP contribution in [0.5, 0.6) is 0 Å². The van der Waals surface area contributed by atoms with Gasteiger partial charge in [-0.25, -0.2) is 0 Å². The number of aryl methyl sites for hydroxylation is 1. The molecule has 1 saturated heterocycles. The highest BCUT2D eigenvalue weighted by atomic mass is 16.2. The number of carbonyl (C=O) groups excluding carboxylic acids is 1. The van der Waals surface area contributed by atoms with Crippen molar-refractivity contribution in [3.63, 3.8) is 0 Å². The summed E-state index contributed by atoms with van der Waals surface area (Å²) >= 11 is 0. The summed E-state index contributed by atoms with van der Waals surface area (Å²) in [5.74, 6) is 0.0629. The second-order valence-corrected chi connectivity index (χ2v) is 6.47. The third-order valence-electron chi connectivity index (χ3n) is 4.19. The monoisotopic (exact) mass is 289 g/mol. The first kappa shape index (κ1) is 16.0. The number of likely N-dealkylation sites (N-methyl/N-ethyl adjacent to an activating group) is 1. The number of nitrogens with one attached hydrogen (secondary N) is 2. The maximum Gasteiger partial charge on any atom is 0.238 e. The van der Waals surface area contributed by atoms with Gasteiger partial charge in [0.1, 0.15) is 0 Å². The smallest absolute Gasteiger partial charge is 0.238 e. The fourth-order valence-electron chi connectivity index (χ4n) is 3.10. The van der Waals surface area contributed by atoms with Gasteiger partial charge in [-0.05, 0) is 43.5 Å². The van der Waals surface area contributed by atoms with Crippen molar-refractivity contribution in [2.24, 2.45) is 5.41 Å². The molecule has 1 unspecified atom stereocenters. The van der Waals surface area contributed by atoms with E-state index in [1.807, 2.05) is 25.2 Å². The fourth-order valence-corrected chi connectivity index (χ4v) is 3.10. The van der Waals surface area contributed by atoms with Crippen LogP contribution in [0.3, 0.4) is 0 Å². The average molecular weight is 289 g/mol. The maximum absolute atomic E-state index is 12.2. The molecule has 4 nitrogen and oxygen atoms in total. The number of carbonyl (C=O) groups is 1. The zero-order valence-corrected chi connectivity index (χ0v) is 13.4. The quantitative estimate of drug-likeness (QED) is 0.843. The number of hydrogen-bond acceptors (Lipinski definition) is 3. The Labute approximate surface area is 127 Å². The Morgan fingerprint density at radius 2 is 2.19 bits per heavy atom. The van der Waals surface area contributed by atoms with Crippen LogP contribution < -0.4 is 10.6 Å². The third-order valence-corrected chi connectivity index (χ3v) is 4.19. The summed E-state index contributed by atoms with van der Waals surface area (Å²) < 4.78 is 0. The minimum Gasteiger partial charge on any atom is -0.325 e. The highest BCUT2D eigenvalue weighted by Gasteiger charge is 2.30. The first-order valence-electron chi connectivity index (χ1n) is 7.79. The topological polar surface area (TPSA) is 44.4 Å². The van der Waals surface area contributed by atoms with Gasteiger partial charge in [-0.15, -0.1) is 0 Å². The van der Waals surface area contributed by atoms with Gasteiger partial charge in [-0.2, -0.15) is 0 Å². The predicted molar refractivity (Wildman–Crippen MR) is 87.5 cm³/mol. The van der Waals surface area contributed by atoms with E-state index in [0.717, 1.165) is 31.7 Å². The zero-order valence-electron chi connectivity index (χ0n) is 13.4. The van der Waals surface area contributed by atoms with Crippen molar-refractivity contribution in [1.29, 1.82) is 0 Å². The number of nitrogens with zero attached hydrogens (tertiary/aromatic N) is 1. The van der Waals surface area contributed by atoms with Gasteiger partial charge in [0.2, 0.25) is 5.91 Å². The fraction of sp³-hybridized carbons (Fsp3) is 0.588. The molecule has 0 radical (unpaired) electrons.